The zero-order valence-corrected chi connectivity index (χ0v) is 13.6. The molecule has 0 saturated carbocycles. The molecule has 88 valence electrons. The molecule has 0 N–H and O–H groups in total. The average Bonchev–Trinajstić information content (AvgIpc) is 2.14. The molecule has 0 atom stereocenters. The molecule has 0 nitrogen and oxygen atoms in total. The quantitative estimate of drug-likeness (QED) is 0.306. The van der Waals surface area contributed by atoms with Crippen LogP contribution in [0, 0.1) is 0 Å². The summed E-state index contributed by atoms with van der Waals surface area (Å²) in [5.41, 5.74) is 0. The fourth-order valence-corrected chi connectivity index (χ4v) is 4.87. The molecule has 0 aliphatic carbocycles. The van der Waals surface area contributed by atoms with Gasteiger partial charge in [0, 0.05) is 19.0 Å². The van der Waals surface area contributed by atoms with E-state index in [4.69, 9.17) is 46.4 Å². The van der Waals surface area contributed by atoms with Crippen molar-refractivity contribution >= 4 is 65.4 Å². The second-order valence-electron chi connectivity index (χ2n) is 3.21. The molecule has 0 saturated heterocycles. The molecule has 0 aromatic rings. The zero-order chi connectivity index (χ0) is 11.5. The lowest BCUT2D eigenvalue weighted by molar-refractivity contribution is 0.978. The molecular weight excluding hydrogens is 306 g/mol. The normalized spacial score (nSPS) is 11.6. The molecule has 0 heterocycles. The summed E-state index contributed by atoms with van der Waals surface area (Å²) >= 11 is 22.5. The van der Waals surface area contributed by atoms with Crippen LogP contribution < -0.4 is 0 Å². The minimum absolute atomic E-state index is 0.177. The SMILES string of the molecule is ClC(Cl)CC[Si]CCC[Si]CCC(Cl)Cl. The Morgan fingerprint density at radius 1 is 0.667 bits per heavy atom. The van der Waals surface area contributed by atoms with Crippen molar-refractivity contribution in [2.24, 2.45) is 0 Å². The third kappa shape index (κ3) is 15.6. The van der Waals surface area contributed by atoms with Gasteiger partial charge in [0.1, 0.15) is 9.67 Å². The van der Waals surface area contributed by atoms with Crippen LogP contribution in [0.4, 0.5) is 0 Å². The van der Waals surface area contributed by atoms with E-state index in [0.29, 0.717) is 0 Å². The zero-order valence-electron chi connectivity index (χ0n) is 8.62. The van der Waals surface area contributed by atoms with Crippen LogP contribution >= 0.6 is 46.4 Å². The van der Waals surface area contributed by atoms with Crippen molar-refractivity contribution in [1.82, 2.24) is 0 Å². The number of halogens is 4. The highest BCUT2D eigenvalue weighted by Gasteiger charge is 2.00. The summed E-state index contributed by atoms with van der Waals surface area (Å²) in [5, 5.41) is 0. The van der Waals surface area contributed by atoms with Crippen molar-refractivity contribution < 1.29 is 0 Å². The molecule has 0 spiro atoms. The molecule has 0 aliphatic rings. The molecule has 0 unspecified atom stereocenters. The first kappa shape index (κ1) is 16.6. The van der Waals surface area contributed by atoms with Gasteiger partial charge in [-0.1, -0.05) is 30.6 Å². The summed E-state index contributed by atoms with van der Waals surface area (Å²) in [6, 6.07) is 4.98. The lowest BCUT2D eigenvalue weighted by atomic mass is 10.5. The van der Waals surface area contributed by atoms with E-state index in [-0.39, 0.29) is 9.67 Å². The maximum atomic E-state index is 5.63. The van der Waals surface area contributed by atoms with Gasteiger partial charge in [0.05, 0.1) is 0 Å². The van der Waals surface area contributed by atoms with Crippen LogP contribution in [0.5, 0.6) is 0 Å². The Kier molecular flexibility index (Phi) is 13.3. The van der Waals surface area contributed by atoms with Gasteiger partial charge in [-0.05, 0) is 12.8 Å². The Hall–Kier alpha value is 1.59. The maximum Gasteiger partial charge on any atom is 0.107 e. The Morgan fingerprint density at radius 3 is 1.40 bits per heavy atom. The molecule has 0 rings (SSSR count). The van der Waals surface area contributed by atoms with Crippen LogP contribution in [0.25, 0.3) is 0 Å². The van der Waals surface area contributed by atoms with Gasteiger partial charge < -0.3 is 0 Å². The van der Waals surface area contributed by atoms with Crippen LogP contribution in [0.2, 0.25) is 24.2 Å². The van der Waals surface area contributed by atoms with Crippen LogP contribution in [-0.4, -0.2) is 28.7 Å². The Bertz CT molecular complexity index is 119. The van der Waals surface area contributed by atoms with Gasteiger partial charge in [0.15, 0.2) is 0 Å². The maximum absolute atomic E-state index is 5.63. The largest absolute Gasteiger partial charge is 0.107 e. The van der Waals surface area contributed by atoms with E-state index < -0.39 is 0 Å². The Morgan fingerprint density at radius 2 is 1.07 bits per heavy atom. The van der Waals surface area contributed by atoms with Crippen molar-refractivity contribution in [3.8, 4) is 0 Å². The van der Waals surface area contributed by atoms with Gasteiger partial charge >= 0.3 is 0 Å². The van der Waals surface area contributed by atoms with E-state index in [2.05, 4.69) is 0 Å². The van der Waals surface area contributed by atoms with Crippen LogP contribution in [0.1, 0.15) is 19.3 Å². The highest BCUT2D eigenvalue weighted by atomic mass is 35.5. The van der Waals surface area contributed by atoms with Crippen molar-refractivity contribution in [3.63, 3.8) is 0 Å². The summed E-state index contributed by atoms with van der Waals surface area (Å²) in [5.74, 6) is 0. The molecular formula is C9H16Cl4Si2. The van der Waals surface area contributed by atoms with E-state index in [0.717, 1.165) is 31.9 Å². The summed E-state index contributed by atoms with van der Waals surface area (Å²) in [6.07, 6.45) is 3.19. The predicted octanol–water partition coefficient (Wildman–Crippen LogP) is 4.85. The predicted molar refractivity (Wildman–Crippen MR) is 75.6 cm³/mol. The third-order valence-electron chi connectivity index (χ3n) is 1.79. The molecule has 6 heteroatoms. The van der Waals surface area contributed by atoms with E-state index >= 15 is 0 Å². The summed E-state index contributed by atoms with van der Waals surface area (Å²) in [4.78, 5) is -0.354. The minimum atomic E-state index is -0.177. The van der Waals surface area contributed by atoms with Gasteiger partial charge in [-0.3, -0.25) is 0 Å². The van der Waals surface area contributed by atoms with Gasteiger partial charge in [-0.15, -0.1) is 46.4 Å². The van der Waals surface area contributed by atoms with Gasteiger partial charge in [0.25, 0.3) is 0 Å². The number of rotatable bonds is 10. The minimum Gasteiger partial charge on any atom is -0.105 e. The number of hydrogen-bond donors (Lipinski definition) is 0. The topological polar surface area (TPSA) is 0 Å². The summed E-state index contributed by atoms with van der Waals surface area (Å²) in [7, 11) is 2.03. The van der Waals surface area contributed by atoms with Gasteiger partial charge in [0.2, 0.25) is 0 Å². The van der Waals surface area contributed by atoms with Crippen molar-refractivity contribution in [2.75, 3.05) is 0 Å². The summed E-state index contributed by atoms with van der Waals surface area (Å²) in [6.45, 7) is 0. The first-order chi connectivity index (χ1) is 7.13. The molecule has 0 amide bonds. The van der Waals surface area contributed by atoms with Gasteiger partial charge in [-0.2, -0.15) is 0 Å². The van der Waals surface area contributed by atoms with Crippen molar-refractivity contribution in [1.29, 1.82) is 0 Å². The fourth-order valence-electron chi connectivity index (χ4n) is 1.01. The van der Waals surface area contributed by atoms with E-state index in [1.807, 2.05) is 0 Å². The molecule has 15 heavy (non-hydrogen) atoms. The van der Waals surface area contributed by atoms with Crippen molar-refractivity contribution in [3.05, 3.63) is 0 Å². The highest BCUT2D eigenvalue weighted by molar-refractivity contribution is 6.45. The van der Waals surface area contributed by atoms with E-state index in [1.54, 1.807) is 0 Å². The first-order valence-electron chi connectivity index (χ1n) is 5.10. The first-order valence-corrected chi connectivity index (χ1v) is 9.68. The second-order valence-corrected chi connectivity index (χ2v) is 8.77. The fraction of sp³-hybridized carbons (Fsp3) is 1.00. The molecule has 4 radical (unpaired) electrons. The van der Waals surface area contributed by atoms with Crippen LogP contribution in [0.3, 0.4) is 0 Å². The Labute approximate surface area is 118 Å². The van der Waals surface area contributed by atoms with E-state index in [9.17, 15) is 0 Å². The molecule has 0 aromatic heterocycles. The summed E-state index contributed by atoms with van der Waals surface area (Å²) < 4.78 is 0. The van der Waals surface area contributed by atoms with Gasteiger partial charge in [-0.25, -0.2) is 0 Å². The molecule has 0 bridgehead atoms. The number of alkyl halides is 4. The third-order valence-corrected chi connectivity index (χ3v) is 5.36. The lowest BCUT2D eigenvalue weighted by Crippen LogP contribution is -1.97. The smallest absolute Gasteiger partial charge is 0.105 e. The Balaban J connectivity index is 2.93. The molecule has 0 aromatic carbocycles. The monoisotopic (exact) mass is 320 g/mol. The lowest BCUT2D eigenvalue weighted by Gasteiger charge is -2.02. The highest BCUT2D eigenvalue weighted by Crippen LogP contribution is 2.12. The van der Waals surface area contributed by atoms with Crippen LogP contribution in [0.15, 0.2) is 0 Å². The van der Waals surface area contributed by atoms with E-state index in [1.165, 1.54) is 30.6 Å². The van der Waals surface area contributed by atoms with Crippen LogP contribution in [-0.2, 0) is 0 Å². The molecule has 0 fully saturated rings. The van der Waals surface area contributed by atoms with Crippen molar-refractivity contribution in [2.45, 2.75) is 53.1 Å². The molecule has 0 aliphatic heterocycles. The average molecular weight is 322 g/mol. The second kappa shape index (κ2) is 12.1. The number of hydrogen-bond acceptors (Lipinski definition) is 0. The standard InChI is InChI=1S/C9H16Cl4Si2/c10-8(11)2-6-14-4-1-5-15-7-3-9(12)13/h8-9H,1-7H2.